The predicted octanol–water partition coefficient (Wildman–Crippen LogP) is 4.36. The van der Waals surface area contributed by atoms with Gasteiger partial charge in [0, 0.05) is 18.7 Å². The molecule has 0 saturated heterocycles. The van der Waals surface area contributed by atoms with Gasteiger partial charge in [0.25, 0.3) is 0 Å². The Balaban J connectivity index is 1.79. The van der Waals surface area contributed by atoms with Crippen molar-refractivity contribution in [1.82, 2.24) is 19.7 Å². The van der Waals surface area contributed by atoms with Gasteiger partial charge in [0.15, 0.2) is 5.82 Å². The second kappa shape index (κ2) is 9.60. The normalized spacial score (nSPS) is 11.7. The fraction of sp³-hybridized carbons (Fsp3) is 0.318. The molecule has 2 aromatic carbocycles. The van der Waals surface area contributed by atoms with Crippen LogP contribution in [0.25, 0.3) is 11.4 Å². The molecule has 0 aliphatic carbocycles. The molecule has 1 amide bonds. The van der Waals surface area contributed by atoms with E-state index >= 15 is 0 Å². The predicted molar refractivity (Wildman–Crippen MR) is 115 cm³/mol. The van der Waals surface area contributed by atoms with Crippen LogP contribution in [0, 0.1) is 5.92 Å². The quantitative estimate of drug-likeness (QED) is 0.562. The molecule has 1 N–H and O–H groups in total. The van der Waals surface area contributed by atoms with Gasteiger partial charge in [0.05, 0.1) is 10.6 Å². The average Bonchev–Trinajstić information content (AvgIpc) is 3.01. The smallest absolute Gasteiger partial charge is 0.350 e. The molecule has 3 aromatic rings. The summed E-state index contributed by atoms with van der Waals surface area (Å²) in [5.41, 5.74) is -0.405. The van der Waals surface area contributed by atoms with E-state index in [9.17, 15) is 22.8 Å². The first-order valence-electron chi connectivity index (χ1n) is 9.91. The van der Waals surface area contributed by atoms with Gasteiger partial charge in [-0.25, -0.2) is 9.48 Å². The van der Waals surface area contributed by atoms with E-state index in [1.165, 1.54) is 16.7 Å². The van der Waals surface area contributed by atoms with Crippen LogP contribution in [-0.2, 0) is 30.6 Å². The first-order chi connectivity index (χ1) is 15.1. The zero-order valence-corrected chi connectivity index (χ0v) is 18.2. The van der Waals surface area contributed by atoms with Gasteiger partial charge in [-0.05, 0) is 35.7 Å². The third-order valence-electron chi connectivity index (χ3n) is 4.62. The van der Waals surface area contributed by atoms with Crippen LogP contribution < -0.4 is 11.0 Å². The topological polar surface area (TPSA) is 68.9 Å². The Morgan fingerprint density at radius 1 is 1.16 bits per heavy atom. The van der Waals surface area contributed by atoms with E-state index < -0.39 is 23.3 Å². The molecule has 170 valence electrons. The molecule has 0 atom stereocenters. The van der Waals surface area contributed by atoms with Crippen LogP contribution in [0.15, 0.2) is 53.3 Å². The largest absolute Gasteiger partial charge is 0.416 e. The molecule has 32 heavy (non-hydrogen) atoms. The van der Waals surface area contributed by atoms with Crippen molar-refractivity contribution in [3.8, 4) is 11.4 Å². The summed E-state index contributed by atoms with van der Waals surface area (Å²) in [7, 11) is 0. The standard InChI is InChI=1S/C22H22ClF3N4O2/c1-14(2)12-29-20(17-8-3-4-9-18(17)23)28-30(21(29)32)13-19(31)27-11-15-6-5-7-16(10-15)22(24,25)26/h3-10,14H,11-13H2,1-2H3,(H,27,31). The number of carbonyl (C=O) groups excluding carboxylic acids is 1. The molecule has 1 aromatic heterocycles. The Bertz CT molecular complexity index is 1170. The number of carbonyl (C=O) groups is 1. The third-order valence-corrected chi connectivity index (χ3v) is 4.95. The van der Waals surface area contributed by atoms with E-state index in [2.05, 4.69) is 10.4 Å². The number of hydrogen-bond donors (Lipinski definition) is 1. The fourth-order valence-electron chi connectivity index (χ4n) is 3.17. The third kappa shape index (κ3) is 5.59. The minimum atomic E-state index is -4.47. The van der Waals surface area contributed by atoms with Crippen LogP contribution >= 0.6 is 11.6 Å². The van der Waals surface area contributed by atoms with Crippen molar-refractivity contribution >= 4 is 17.5 Å². The van der Waals surface area contributed by atoms with Gasteiger partial charge in [-0.3, -0.25) is 9.36 Å². The molecule has 10 heteroatoms. The minimum absolute atomic E-state index is 0.110. The summed E-state index contributed by atoms with van der Waals surface area (Å²) in [5, 5.41) is 7.26. The van der Waals surface area contributed by atoms with Crippen LogP contribution in [0.3, 0.4) is 0 Å². The molecule has 0 fully saturated rings. The van der Waals surface area contributed by atoms with Crippen molar-refractivity contribution in [1.29, 1.82) is 0 Å². The maximum absolute atomic E-state index is 12.9. The van der Waals surface area contributed by atoms with Gasteiger partial charge in [-0.2, -0.15) is 13.2 Å². The van der Waals surface area contributed by atoms with Crippen molar-refractivity contribution in [3.63, 3.8) is 0 Å². The molecule has 3 rings (SSSR count). The van der Waals surface area contributed by atoms with Crippen molar-refractivity contribution < 1.29 is 18.0 Å². The van der Waals surface area contributed by atoms with Gasteiger partial charge in [0.1, 0.15) is 6.54 Å². The zero-order chi connectivity index (χ0) is 23.5. The number of hydrogen-bond acceptors (Lipinski definition) is 3. The molecule has 0 radical (unpaired) electrons. The molecular weight excluding hydrogens is 445 g/mol. The van der Waals surface area contributed by atoms with Crippen molar-refractivity contribution in [2.75, 3.05) is 0 Å². The summed E-state index contributed by atoms with van der Waals surface area (Å²) in [6.07, 6.45) is -4.47. The number of nitrogens with zero attached hydrogens (tertiary/aromatic N) is 3. The highest BCUT2D eigenvalue weighted by Gasteiger charge is 2.30. The summed E-state index contributed by atoms with van der Waals surface area (Å²) in [6, 6.07) is 11.6. The lowest BCUT2D eigenvalue weighted by Crippen LogP contribution is -2.34. The summed E-state index contributed by atoms with van der Waals surface area (Å²) < 4.78 is 41.1. The van der Waals surface area contributed by atoms with Crippen molar-refractivity contribution in [2.45, 2.75) is 39.7 Å². The van der Waals surface area contributed by atoms with Gasteiger partial charge >= 0.3 is 11.9 Å². The van der Waals surface area contributed by atoms with E-state index in [-0.39, 0.29) is 19.0 Å². The lowest BCUT2D eigenvalue weighted by atomic mass is 10.1. The molecule has 0 spiro atoms. The lowest BCUT2D eigenvalue weighted by molar-refractivity contribution is -0.137. The second-order valence-corrected chi connectivity index (χ2v) is 8.13. The maximum Gasteiger partial charge on any atom is 0.416 e. The first kappa shape index (κ1) is 23.6. The number of rotatable bonds is 7. The highest BCUT2D eigenvalue weighted by molar-refractivity contribution is 6.33. The molecule has 6 nitrogen and oxygen atoms in total. The van der Waals surface area contributed by atoms with Crippen LogP contribution in [0.2, 0.25) is 5.02 Å². The molecule has 0 aliphatic heterocycles. The number of halogens is 4. The van der Waals surface area contributed by atoms with E-state index in [4.69, 9.17) is 11.6 Å². The summed E-state index contributed by atoms with van der Waals surface area (Å²) in [6.45, 7) is 3.79. The number of nitrogens with one attached hydrogen (secondary N) is 1. The van der Waals surface area contributed by atoms with E-state index in [0.717, 1.165) is 16.8 Å². The number of alkyl halides is 3. The molecule has 0 bridgehead atoms. The fourth-order valence-corrected chi connectivity index (χ4v) is 3.39. The average molecular weight is 467 g/mol. The van der Waals surface area contributed by atoms with Gasteiger partial charge in [0.2, 0.25) is 5.91 Å². The summed E-state index contributed by atoms with van der Waals surface area (Å²) in [4.78, 5) is 25.3. The second-order valence-electron chi connectivity index (χ2n) is 7.72. The van der Waals surface area contributed by atoms with Gasteiger partial charge < -0.3 is 5.32 Å². The van der Waals surface area contributed by atoms with Crippen LogP contribution in [0.4, 0.5) is 13.2 Å². The molecule has 1 heterocycles. The Labute approximate surface area is 187 Å². The Morgan fingerprint density at radius 3 is 2.53 bits per heavy atom. The van der Waals surface area contributed by atoms with Gasteiger partial charge in [-0.15, -0.1) is 5.10 Å². The minimum Gasteiger partial charge on any atom is -0.350 e. The first-order valence-corrected chi connectivity index (χ1v) is 10.3. The van der Waals surface area contributed by atoms with Gasteiger partial charge in [-0.1, -0.05) is 49.7 Å². The number of benzene rings is 2. The van der Waals surface area contributed by atoms with Crippen LogP contribution in [-0.4, -0.2) is 20.3 Å². The lowest BCUT2D eigenvalue weighted by Gasteiger charge is -2.09. The molecule has 0 saturated carbocycles. The number of amides is 1. The molecule has 0 aliphatic rings. The van der Waals surface area contributed by atoms with Crippen LogP contribution in [0.5, 0.6) is 0 Å². The number of aromatic nitrogens is 3. The summed E-state index contributed by atoms with van der Waals surface area (Å²) >= 11 is 6.27. The molecular formula is C22H22ClF3N4O2. The summed E-state index contributed by atoms with van der Waals surface area (Å²) in [5.74, 6) is -0.0641. The van der Waals surface area contributed by atoms with Crippen molar-refractivity contribution in [3.05, 3.63) is 75.2 Å². The highest BCUT2D eigenvalue weighted by Crippen LogP contribution is 2.29. The monoisotopic (exact) mass is 466 g/mol. The Morgan fingerprint density at radius 2 is 1.88 bits per heavy atom. The van der Waals surface area contributed by atoms with E-state index in [1.807, 2.05) is 13.8 Å². The highest BCUT2D eigenvalue weighted by atomic mass is 35.5. The Kier molecular flexibility index (Phi) is 7.08. The Hall–Kier alpha value is -3.07. The molecule has 0 unspecified atom stereocenters. The van der Waals surface area contributed by atoms with E-state index in [0.29, 0.717) is 28.5 Å². The maximum atomic E-state index is 12.9. The van der Waals surface area contributed by atoms with Crippen molar-refractivity contribution in [2.24, 2.45) is 5.92 Å². The van der Waals surface area contributed by atoms with E-state index in [1.54, 1.807) is 24.3 Å². The SMILES string of the molecule is CC(C)Cn1c(-c2ccccc2Cl)nn(CC(=O)NCc2cccc(C(F)(F)F)c2)c1=O. The van der Waals surface area contributed by atoms with Crippen LogP contribution in [0.1, 0.15) is 25.0 Å². The zero-order valence-electron chi connectivity index (χ0n) is 17.5.